The predicted molar refractivity (Wildman–Crippen MR) is 106 cm³/mol. The molecule has 5 atom stereocenters. The SMILES string of the molecule is COC[C@@H]1CCCN1[C@H]1[C@H](O)[C@H](CO)O[C@@H]1CNC(=O)Nc1cccc(Cl)c1. The third kappa shape index (κ3) is 4.94. The van der Waals surface area contributed by atoms with Crippen molar-refractivity contribution in [3.63, 3.8) is 0 Å². The van der Waals surface area contributed by atoms with Crippen LogP contribution < -0.4 is 10.6 Å². The van der Waals surface area contributed by atoms with Crippen LogP contribution in [0.5, 0.6) is 0 Å². The standard InChI is InChI=1S/C19H28ClN3O5/c1-27-11-14-6-3-7-23(14)17-15(28-16(10-24)18(17)25)9-21-19(26)22-13-5-2-4-12(20)8-13/h2,4-5,8,14-18,24-25H,3,6-7,9-11H2,1H3,(H2,21,22,26)/t14-,15+,16-,17+,18+/m0/s1. The number of carbonyl (C=O) groups is 1. The molecule has 0 bridgehead atoms. The molecule has 28 heavy (non-hydrogen) atoms. The summed E-state index contributed by atoms with van der Waals surface area (Å²) in [4.78, 5) is 14.4. The van der Waals surface area contributed by atoms with Crippen LogP contribution in [0.25, 0.3) is 0 Å². The van der Waals surface area contributed by atoms with Crippen LogP contribution in [0.15, 0.2) is 24.3 Å². The summed E-state index contributed by atoms with van der Waals surface area (Å²) >= 11 is 5.93. The number of nitrogens with zero attached hydrogens (tertiary/aromatic N) is 1. The number of likely N-dealkylation sites (tertiary alicyclic amines) is 1. The van der Waals surface area contributed by atoms with Crippen molar-refractivity contribution in [2.24, 2.45) is 0 Å². The topological polar surface area (TPSA) is 103 Å². The van der Waals surface area contributed by atoms with E-state index < -0.39 is 18.3 Å². The maximum atomic E-state index is 12.2. The van der Waals surface area contributed by atoms with Crippen molar-refractivity contribution in [2.75, 3.05) is 38.7 Å². The molecule has 1 aromatic carbocycles. The summed E-state index contributed by atoms with van der Waals surface area (Å²) in [5, 5.41) is 26.3. The molecule has 9 heteroatoms. The molecule has 2 amide bonds. The van der Waals surface area contributed by atoms with Crippen LogP contribution in [-0.4, -0.2) is 85.0 Å². The van der Waals surface area contributed by atoms with Crippen molar-refractivity contribution in [2.45, 2.75) is 43.2 Å². The van der Waals surface area contributed by atoms with E-state index in [2.05, 4.69) is 15.5 Å². The number of ether oxygens (including phenoxy) is 2. The predicted octanol–water partition coefficient (Wildman–Crippen LogP) is 1.06. The van der Waals surface area contributed by atoms with Crippen molar-refractivity contribution in [3.05, 3.63) is 29.3 Å². The summed E-state index contributed by atoms with van der Waals surface area (Å²) in [6.07, 6.45) is 0.0590. The normalized spacial score (nSPS) is 30.5. The largest absolute Gasteiger partial charge is 0.394 e. The minimum Gasteiger partial charge on any atom is -0.394 e. The molecule has 2 aliphatic rings. The van der Waals surface area contributed by atoms with Gasteiger partial charge in [0.1, 0.15) is 12.2 Å². The molecule has 2 aliphatic heterocycles. The summed E-state index contributed by atoms with van der Waals surface area (Å²) in [5.41, 5.74) is 0.585. The smallest absolute Gasteiger partial charge is 0.319 e. The van der Waals surface area contributed by atoms with E-state index in [1.165, 1.54) is 0 Å². The number of hydrogen-bond donors (Lipinski definition) is 4. The number of urea groups is 1. The molecule has 4 N–H and O–H groups in total. The summed E-state index contributed by atoms with van der Waals surface area (Å²) in [6.45, 7) is 1.33. The average molecular weight is 414 g/mol. The zero-order valence-corrected chi connectivity index (χ0v) is 16.6. The first kappa shape index (κ1) is 21.3. The molecule has 156 valence electrons. The van der Waals surface area contributed by atoms with E-state index in [0.29, 0.717) is 17.3 Å². The maximum Gasteiger partial charge on any atom is 0.319 e. The van der Waals surface area contributed by atoms with Gasteiger partial charge in [-0.05, 0) is 37.6 Å². The Bertz CT molecular complexity index is 664. The van der Waals surface area contributed by atoms with Gasteiger partial charge in [-0.3, -0.25) is 4.90 Å². The van der Waals surface area contributed by atoms with E-state index in [0.717, 1.165) is 19.4 Å². The lowest BCUT2D eigenvalue weighted by Gasteiger charge is -2.34. The Hall–Kier alpha value is -1.42. The van der Waals surface area contributed by atoms with Gasteiger partial charge in [0, 0.05) is 30.4 Å². The van der Waals surface area contributed by atoms with Gasteiger partial charge >= 0.3 is 6.03 Å². The minimum absolute atomic E-state index is 0.188. The van der Waals surface area contributed by atoms with Crippen molar-refractivity contribution in [1.82, 2.24) is 10.2 Å². The number of nitrogens with one attached hydrogen (secondary N) is 2. The molecule has 8 nitrogen and oxygen atoms in total. The second-order valence-corrected chi connectivity index (χ2v) is 7.65. The van der Waals surface area contributed by atoms with E-state index in [1.807, 2.05) is 0 Å². The van der Waals surface area contributed by atoms with Crippen molar-refractivity contribution < 1.29 is 24.5 Å². The van der Waals surface area contributed by atoms with Gasteiger partial charge in [0.15, 0.2) is 0 Å². The summed E-state index contributed by atoms with van der Waals surface area (Å²) < 4.78 is 11.2. The zero-order valence-electron chi connectivity index (χ0n) is 15.9. The molecule has 0 aromatic heterocycles. The fourth-order valence-corrected chi connectivity index (χ4v) is 4.30. The highest BCUT2D eigenvalue weighted by Crippen LogP contribution is 2.31. The first-order chi connectivity index (χ1) is 13.5. The van der Waals surface area contributed by atoms with Crippen molar-refractivity contribution in [3.8, 4) is 0 Å². The van der Waals surface area contributed by atoms with Gasteiger partial charge in [-0.1, -0.05) is 17.7 Å². The highest BCUT2D eigenvalue weighted by molar-refractivity contribution is 6.30. The van der Waals surface area contributed by atoms with Gasteiger partial charge in [0.25, 0.3) is 0 Å². The highest BCUT2D eigenvalue weighted by atomic mass is 35.5. The minimum atomic E-state index is -0.828. The fourth-order valence-electron chi connectivity index (χ4n) is 4.11. The highest BCUT2D eigenvalue weighted by Gasteiger charge is 2.48. The van der Waals surface area contributed by atoms with Gasteiger partial charge in [0.2, 0.25) is 0 Å². The fraction of sp³-hybridized carbons (Fsp3) is 0.632. The molecule has 0 saturated carbocycles. The molecule has 2 heterocycles. The second kappa shape index (κ2) is 9.87. The molecule has 3 rings (SSSR count). The average Bonchev–Trinajstić information content (AvgIpc) is 3.24. The van der Waals surface area contributed by atoms with Crippen LogP contribution in [0.4, 0.5) is 10.5 Å². The molecule has 2 saturated heterocycles. The molecule has 1 aromatic rings. The molecule has 0 aliphatic carbocycles. The second-order valence-electron chi connectivity index (χ2n) is 7.21. The Balaban J connectivity index is 1.62. The Kier molecular flexibility index (Phi) is 7.50. The Morgan fingerprint density at radius 2 is 2.25 bits per heavy atom. The first-order valence-corrected chi connectivity index (χ1v) is 9.90. The van der Waals surface area contributed by atoms with Crippen LogP contribution in [0.1, 0.15) is 12.8 Å². The van der Waals surface area contributed by atoms with Gasteiger partial charge in [-0.2, -0.15) is 0 Å². The van der Waals surface area contributed by atoms with E-state index in [-0.39, 0.29) is 31.3 Å². The van der Waals surface area contributed by atoms with Gasteiger partial charge < -0.3 is 30.3 Å². The van der Waals surface area contributed by atoms with Gasteiger partial charge in [-0.25, -0.2) is 4.79 Å². The summed E-state index contributed by atoms with van der Waals surface area (Å²) in [7, 11) is 1.66. The van der Waals surface area contributed by atoms with Crippen molar-refractivity contribution in [1.29, 1.82) is 0 Å². The first-order valence-electron chi connectivity index (χ1n) is 9.53. The van der Waals surface area contributed by atoms with Crippen LogP contribution >= 0.6 is 11.6 Å². The number of rotatable bonds is 7. The van der Waals surface area contributed by atoms with E-state index >= 15 is 0 Å². The van der Waals surface area contributed by atoms with Crippen LogP contribution in [0, 0.1) is 0 Å². The molecule has 0 radical (unpaired) electrons. The molecule has 0 unspecified atom stereocenters. The summed E-state index contributed by atoms with van der Waals surface area (Å²) in [6, 6.07) is 6.36. The van der Waals surface area contributed by atoms with E-state index in [9.17, 15) is 15.0 Å². The number of hydrogen-bond acceptors (Lipinski definition) is 6. The van der Waals surface area contributed by atoms with E-state index in [1.54, 1.807) is 31.4 Å². The monoisotopic (exact) mass is 413 g/mol. The number of aliphatic hydroxyl groups excluding tert-OH is 2. The number of carbonyl (C=O) groups excluding carboxylic acids is 1. The number of methoxy groups -OCH3 is 1. The molecule has 2 fully saturated rings. The lowest BCUT2D eigenvalue weighted by atomic mass is 10.0. The van der Waals surface area contributed by atoms with Crippen LogP contribution in [-0.2, 0) is 9.47 Å². The molecular weight excluding hydrogens is 386 g/mol. The zero-order chi connectivity index (χ0) is 20.1. The van der Waals surface area contributed by atoms with Gasteiger partial charge in [0.05, 0.1) is 25.4 Å². The number of amides is 2. The maximum absolute atomic E-state index is 12.2. The number of benzene rings is 1. The number of anilines is 1. The Morgan fingerprint density at radius 3 is 2.96 bits per heavy atom. The lowest BCUT2D eigenvalue weighted by molar-refractivity contribution is -0.0205. The Labute approximate surface area is 169 Å². The van der Waals surface area contributed by atoms with Crippen LogP contribution in [0.2, 0.25) is 5.02 Å². The third-order valence-electron chi connectivity index (χ3n) is 5.35. The van der Waals surface area contributed by atoms with E-state index in [4.69, 9.17) is 21.1 Å². The Morgan fingerprint density at radius 1 is 1.43 bits per heavy atom. The lowest BCUT2D eigenvalue weighted by Crippen LogP contribution is -2.53. The van der Waals surface area contributed by atoms with Gasteiger partial charge in [-0.15, -0.1) is 0 Å². The molecule has 0 spiro atoms. The number of aliphatic hydroxyl groups is 2. The molecular formula is C19H28ClN3O5. The van der Waals surface area contributed by atoms with Crippen molar-refractivity contribution >= 4 is 23.3 Å². The quantitative estimate of drug-likeness (QED) is 0.533. The third-order valence-corrected chi connectivity index (χ3v) is 5.59. The van der Waals surface area contributed by atoms with Crippen LogP contribution in [0.3, 0.4) is 0 Å². The number of halogens is 1. The summed E-state index contributed by atoms with van der Waals surface area (Å²) in [5.74, 6) is 0.